The maximum atomic E-state index is 10.7. The maximum Gasteiger partial charge on any atom is 0.303 e. The first-order valence-corrected chi connectivity index (χ1v) is 7.69. The SMILES string of the molecule is O=C(O)CCCN1CCC[C@@H]1c1cccc2ccccc12. The van der Waals surface area contributed by atoms with Gasteiger partial charge in [-0.25, -0.2) is 0 Å². The number of aliphatic carboxylic acids is 1. The van der Waals surface area contributed by atoms with E-state index in [1.807, 2.05) is 0 Å². The van der Waals surface area contributed by atoms with Crippen LogP contribution in [-0.4, -0.2) is 29.1 Å². The molecule has 1 atom stereocenters. The minimum atomic E-state index is -0.698. The van der Waals surface area contributed by atoms with Crippen molar-refractivity contribution >= 4 is 16.7 Å². The molecule has 3 rings (SSSR count). The first-order valence-electron chi connectivity index (χ1n) is 7.69. The van der Waals surface area contributed by atoms with Gasteiger partial charge in [0.2, 0.25) is 0 Å². The number of fused-ring (bicyclic) bond motifs is 1. The third-order valence-corrected chi connectivity index (χ3v) is 4.38. The molecular weight excluding hydrogens is 262 g/mol. The van der Waals surface area contributed by atoms with Crippen LogP contribution in [-0.2, 0) is 4.79 Å². The van der Waals surface area contributed by atoms with E-state index in [1.165, 1.54) is 29.2 Å². The van der Waals surface area contributed by atoms with E-state index in [0.717, 1.165) is 19.5 Å². The van der Waals surface area contributed by atoms with Gasteiger partial charge in [-0.05, 0) is 48.7 Å². The molecule has 0 radical (unpaired) electrons. The Hall–Kier alpha value is -1.87. The molecule has 3 nitrogen and oxygen atoms in total. The molecule has 2 aromatic rings. The highest BCUT2D eigenvalue weighted by atomic mass is 16.4. The lowest BCUT2D eigenvalue weighted by molar-refractivity contribution is -0.137. The van der Waals surface area contributed by atoms with Crippen LogP contribution in [0, 0.1) is 0 Å². The smallest absolute Gasteiger partial charge is 0.303 e. The lowest BCUT2D eigenvalue weighted by Gasteiger charge is -2.25. The van der Waals surface area contributed by atoms with Gasteiger partial charge in [-0.15, -0.1) is 0 Å². The van der Waals surface area contributed by atoms with Gasteiger partial charge in [0, 0.05) is 12.5 Å². The van der Waals surface area contributed by atoms with Gasteiger partial charge in [-0.3, -0.25) is 9.69 Å². The molecule has 0 aromatic heterocycles. The normalized spacial score (nSPS) is 19.1. The second kappa shape index (κ2) is 6.27. The molecule has 0 amide bonds. The summed E-state index contributed by atoms with van der Waals surface area (Å²) in [5.74, 6) is -0.698. The quantitative estimate of drug-likeness (QED) is 0.906. The number of carbonyl (C=O) groups is 1. The van der Waals surface area contributed by atoms with Gasteiger partial charge in [-0.1, -0.05) is 42.5 Å². The summed E-state index contributed by atoms with van der Waals surface area (Å²) in [6.07, 6.45) is 3.36. The van der Waals surface area contributed by atoms with E-state index < -0.39 is 5.97 Å². The lowest BCUT2D eigenvalue weighted by atomic mass is 9.97. The molecule has 0 unspecified atom stereocenters. The zero-order chi connectivity index (χ0) is 14.7. The van der Waals surface area contributed by atoms with Crippen LogP contribution in [0.4, 0.5) is 0 Å². The van der Waals surface area contributed by atoms with Crippen molar-refractivity contribution in [3.8, 4) is 0 Å². The first-order chi connectivity index (χ1) is 10.3. The Morgan fingerprint density at radius 3 is 2.86 bits per heavy atom. The van der Waals surface area contributed by atoms with Crippen LogP contribution < -0.4 is 0 Å². The Morgan fingerprint density at radius 1 is 1.19 bits per heavy atom. The molecule has 1 aliphatic rings. The fourth-order valence-electron chi connectivity index (χ4n) is 3.42. The first kappa shape index (κ1) is 14.1. The molecule has 0 spiro atoms. The third kappa shape index (κ3) is 3.08. The Morgan fingerprint density at radius 2 is 2.00 bits per heavy atom. The molecule has 0 aliphatic carbocycles. The van der Waals surface area contributed by atoms with Gasteiger partial charge in [0.1, 0.15) is 0 Å². The number of likely N-dealkylation sites (tertiary alicyclic amines) is 1. The van der Waals surface area contributed by atoms with E-state index in [2.05, 4.69) is 47.4 Å². The van der Waals surface area contributed by atoms with Crippen molar-refractivity contribution in [3.05, 3.63) is 48.0 Å². The fourth-order valence-corrected chi connectivity index (χ4v) is 3.42. The molecule has 1 heterocycles. The van der Waals surface area contributed by atoms with Gasteiger partial charge < -0.3 is 5.11 Å². The van der Waals surface area contributed by atoms with Crippen LogP contribution in [0.3, 0.4) is 0 Å². The molecular formula is C18H21NO2. The molecule has 1 N–H and O–H groups in total. The second-order valence-electron chi connectivity index (χ2n) is 5.76. The van der Waals surface area contributed by atoms with Gasteiger partial charge >= 0.3 is 5.97 Å². The summed E-state index contributed by atoms with van der Waals surface area (Å²) in [4.78, 5) is 13.1. The number of carboxylic acids is 1. The molecule has 0 saturated carbocycles. The largest absolute Gasteiger partial charge is 0.481 e. The van der Waals surface area contributed by atoms with Crippen LogP contribution >= 0.6 is 0 Å². The van der Waals surface area contributed by atoms with Crippen LogP contribution in [0.15, 0.2) is 42.5 Å². The molecule has 2 aromatic carbocycles. The summed E-state index contributed by atoms with van der Waals surface area (Å²) in [5.41, 5.74) is 1.39. The summed E-state index contributed by atoms with van der Waals surface area (Å²) in [5, 5.41) is 11.4. The Balaban J connectivity index is 1.82. The average Bonchev–Trinajstić information content (AvgIpc) is 2.94. The van der Waals surface area contributed by atoms with E-state index in [0.29, 0.717) is 6.04 Å². The van der Waals surface area contributed by atoms with Crippen LogP contribution in [0.2, 0.25) is 0 Å². The van der Waals surface area contributed by atoms with Crippen molar-refractivity contribution in [2.24, 2.45) is 0 Å². The molecule has 1 saturated heterocycles. The minimum absolute atomic E-state index is 0.263. The van der Waals surface area contributed by atoms with Gasteiger partial charge in [0.25, 0.3) is 0 Å². The predicted molar refractivity (Wildman–Crippen MR) is 84.4 cm³/mol. The predicted octanol–water partition coefficient (Wildman–Crippen LogP) is 3.84. The average molecular weight is 283 g/mol. The van der Waals surface area contributed by atoms with Crippen molar-refractivity contribution in [3.63, 3.8) is 0 Å². The highest BCUT2D eigenvalue weighted by molar-refractivity contribution is 5.86. The zero-order valence-electron chi connectivity index (χ0n) is 12.2. The summed E-state index contributed by atoms with van der Waals surface area (Å²) >= 11 is 0. The van der Waals surface area contributed by atoms with Gasteiger partial charge in [0.15, 0.2) is 0 Å². The second-order valence-corrected chi connectivity index (χ2v) is 5.76. The van der Waals surface area contributed by atoms with Crippen LogP contribution in [0.5, 0.6) is 0 Å². The Labute approximate surface area is 125 Å². The summed E-state index contributed by atoms with van der Waals surface area (Å²) in [6.45, 7) is 1.95. The Bertz CT molecular complexity index is 633. The molecule has 0 bridgehead atoms. The van der Waals surface area contributed by atoms with E-state index in [4.69, 9.17) is 5.11 Å². The lowest BCUT2D eigenvalue weighted by Crippen LogP contribution is -2.25. The standard InChI is InChI=1S/C18H21NO2/c20-18(21)11-5-13-19-12-4-10-17(19)16-9-3-7-14-6-1-2-8-15(14)16/h1-3,6-9,17H,4-5,10-13H2,(H,20,21)/t17-/m1/s1. The highest BCUT2D eigenvalue weighted by Crippen LogP contribution is 2.35. The Kier molecular flexibility index (Phi) is 4.20. The van der Waals surface area contributed by atoms with E-state index in [1.54, 1.807) is 0 Å². The number of hydrogen-bond donors (Lipinski definition) is 1. The van der Waals surface area contributed by atoms with Crippen molar-refractivity contribution in [2.75, 3.05) is 13.1 Å². The highest BCUT2D eigenvalue weighted by Gasteiger charge is 2.26. The van der Waals surface area contributed by atoms with Crippen LogP contribution in [0.1, 0.15) is 37.3 Å². The summed E-state index contributed by atoms with van der Waals surface area (Å²) in [6, 6.07) is 15.5. The number of nitrogens with zero attached hydrogens (tertiary/aromatic N) is 1. The van der Waals surface area contributed by atoms with E-state index >= 15 is 0 Å². The number of rotatable bonds is 5. The van der Waals surface area contributed by atoms with Crippen molar-refractivity contribution in [2.45, 2.75) is 31.7 Å². The third-order valence-electron chi connectivity index (χ3n) is 4.38. The molecule has 1 fully saturated rings. The minimum Gasteiger partial charge on any atom is -0.481 e. The number of carboxylic acid groups (broad SMARTS) is 1. The molecule has 1 aliphatic heterocycles. The topological polar surface area (TPSA) is 40.5 Å². The van der Waals surface area contributed by atoms with E-state index in [9.17, 15) is 4.79 Å². The van der Waals surface area contributed by atoms with E-state index in [-0.39, 0.29) is 6.42 Å². The van der Waals surface area contributed by atoms with Crippen LogP contribution in [0.25, 0.3) is 10.8 Å². The number of benzene rings is 2. The molecule has 21 heavy (non-hydrogen) atoms. The number of hydrogen-bond acceptors (Lipinski definition) is 2. The van der Waals surface area contributed by atoms with Crippen molar-refractivity contribution in [1.82, 2.24) is 4.90 Å². The molecule has 110 valence electrons. The van der Waals surface area contributed by atoms with Gasteiger partial charge in [-0.2, -0.15) is 0 Å². The maximum absolute atomic E-state index is 10.7. The summed E-state index contributed by atoms with van der Waals surface area (Å²) < 4.78 is 0. The van der Waals surface area contributed by atoms with Crippen molar-refractivity contribution < 1.29 is 9.90 Å². The van der Waals surface area contributed by atoms with Gasteiger partial charge in [0.05, 0.1) is 0 Å². The molecule has 3 heteroatoms. The monoisotopic (exact) mass is 283 g/mol. The zero-order valence-corrected chi connectivity index (χ0v) is 12.2. The summed E-state index contributed by atoms with van der Waals surface area (Å²) in [7, 11) is 0. The van der Waals surface area contributed by atoms with Crippen molar-refractivity contribution in [1.29, 1.82) is 0 Å². The fraction of sp³-hybridized carbons (Fsp3) is 0.389.